The Balaban J connectivity index is 1.74. The minimum atomic E-state index is -0.369. The molecule has 3 N–H and O–H groups in total. The Bertz CT molecular complexity index is 855. The molecule has 2 atom stereocenters. The number of phenols is 1. The number of phenolic OH excluding ortho intramolecular Hbond substituents is 1. The quantitative estimate of drug-likeness (QED) is 0.229. The maximum atomic E-state index is 12.4. The van der Waals surface area contributed by atoms with Crippen LogP contribution in [0.5, 0.6) is 11.5 Å². The molecule has 1 aliphatic heterocycles. The number of unbranched alkanes of at least 4 members (excludes halogenated alkanes) is 1. The van der Waals surface area contributed by atoms with E-state index in [-0.39, 0.29) is 33.1 Å². The van der Waals surface area contributed by atoms with Crippen LogP contribution in [0.25, 0.3) is 0 Å². The third kappa shape index (κ3) is 5.32. The fraction of sp³-hybridized carbons (Fsp3) is 0.435. The van der Waals surface area contributed by atoms with Crippen molar-refractivity contribution >= 4 is 26.4 Å². The number of nitrogens with two attached hydrogens (primary N) is 1. The van der Waals surface area contributed by atoms with Crippen LogP contribution in [-0.2, 0) is 16.0 Å². The van der Waals surface area contributed by atoms with E-state index in [1.54, 1.807) is 19.2 Å². The number of hydrogen-bond donors (Lipinski definition) is 2. The number of aromatic hydroxyl groups is 1. The summed E-state index contributed by atoms with van der Waals surface area (Å²) in [5.41, 5.74) is 8.30. The monoisotopic (exact) mass is 413 g/mol. The zero-order chi connectivity index (χ0) is 20.8. The van der Waals surface area contributed by atoms with E-state index in [0.29, 0.717) is 18.7 Å². The molecule has 6 heteroatoms. The lowest BCUT2D eigenvalue weighted by molar-refractivity contribution is -0.154. The number of esters is 1. The lowest BCUT2D eigenvalue weighted by atomic mass is 9.84. The van der Waals surface area contributed by atoms with Gasteiger partial charge in [-0.3, -0.25) is 4.79 Å². The van der Waals surface area contributed by atoms with Crippen molar-refractivity contribution in [1.82, 2.24) is 0 Å². The van der Waals surface area contributed by atoms with Gasteiger partial charge in [-0.2, -0.15) is 0 Å². The van der Waals surface area contributed by atoms with Crippen molar-refractivity contribution in [3.05, 3.63) is 47.5 Å². The third-order valence-electron chi connectivity index (χ3n) is 5.73. The number of carbonyl (C=O) groups excluding carboxylic acids is 1. The highest BCUT2D eigenvalue weighted by atomic mass is 28.2. The molecule has 1 aliphatic rings. The Morgan fingerprint density at radius 3 is 2.83 bits per heavy atom. The zero-order valence-electron chi connectivity index (χ0n) is 17.3. The second-order valence-corrected chi connectivity index (χ2v) is 9.85. The number of benzene rings is 2. The van der Waals surface area contributed by atoms with Gasteiger partial charge in [-0.15, -0.1) is 0 Å². The molecule has 1 heterocycles. The molecule has 0 aromatic heterocycles. The molecule has 29 heavy (non-hydrogen) atoms. The predicted octanol–water partition coefficient (Wildman–Crippen LogP) is 2.88. The summed E-state index contributed by atoms with van der Waals surface area (Å²) in [5, 5.41) is 11.0. The highest BCUT2D eigenvalue weighted by Gasteiger charge is 2.31. The van der Waals surface area contributed by atoms with E-state index in [0.717, 1.165) is 17.7 Å². The number of rotatable bonds is 8. The zero-order valence-corrected chi connectivity index (χ0v) is 18.7. The first-order chi connectivity index (χ1) is 14.0. The number of ether oxygens (including phenoxy) is 2. The van der Waals surface area contributed by atoms with Crippen molar-refractivity contribution in [3.63, 3.8) is 0 Å². The normalized spacial score (nSPS) is 19.4. The van der Waals surface area contributed by atoms with Crippen LogP contribution in [0.1, 0.15) is 43.2 Å². The van der Waals surface area contributed by atoms with E-state index in [1.807, 2.05) is 6.07 Å². The minimum absolute atomic E-state index is 0.0656. The maximum Gasteiger partial charge on any atom is 0.309 e. The molecule has 0 saturated carbocycles. The van der Waals surface area contributed by atoms with Crippen molar-refractivity contribution < 1.29 is 19.4 Å². The van der Waals surface area contributed by atoms with Gasteiger partial charge in [0.25, 0.3) is 0 Å². The smallest absolute Gasteiger partial charge is 0.309 e. The summed E-state index contributed by atoms with van der Waals surface area (Å²) in [6.07, 6.45) is 3.80. The first kappa shape index (κ1) is 21.2. The van der Waals surface area contributed by atoms with Crippen LogP contribution >= 0.6 is 0 Å². The maximum absolute atomic E-state index is 12.4. The summed E-state index contributed by atoms with van der Waals surface area (Å²) in [4.78, 5) is 12.4. The average molecular weight is 414 g/mol. The summed E-state index contributed by atoms with van der Waals surface area (Å²) in [6, 6.07) is 12.9. The molecule has 2 aromatic rings. The van der Waals surface area contributed by atoms with Crippen LogP contribution in [0.2, 0.25) is 6.04 Å². The Hall–Kier alpha value is -2.47. The van der Waals surface area contributed by atoms with Gasteiger partial charge in [0.05, 0.1) is 34.8 Å². The van der Waals surface area contributed by atoms with Crippen molar-refractivity contribution in [2.75, 3.05) is 19.5 Å². The molecule has 1 saturated heterocycles. The molecule has 1 unspecified atom stereocenters. The van der Waals surface area contributed by atoms with Gasteiger partial charge in [0.15, 0.2) is 0 Å². The van der Waals surface area contributed by atoms with Gasteiger partial charge in [0, 0.05) is 5.92 Å². The highest BCUT2D eigenvalue weighted by molar-refractivity contribution is 6.54. The molecular formula is C23H31NO4Si. The standard InChI is InChI=1S/C23H31NO4Si/c1-3-4-9-29-22-13-16(6-8-21(22)27-2)18-12-17(23(26)28-14-18)10-15-5-7-20(25)19(24)11-15/h5-8,11,13,17-18,25H,3-4,9-10,12,14,24,29H2,1-2H3/t17?,18-/m1/s1. The van der Waals surface area contributed by atoms with Gasteiger partial charge < -0.3 is 20.3 Å². The molecule has 0 amide bonds. The van der Waals surface area contributed by atoms with Crippen molar-refractivity contribution in [2.24, 2.45) is 5.92 Å². The molecule has 0 spiro atoms. The fourth-order valence-electron chi connectivity index (χ4n) is 4.04. The van der Waals surface area contributed by atoms with E-state index in [2.05, 4.69) is 25.1 Å². The number of cyclic esters (lactones) is 1. The number of carbonyl (C=O) groups is 1. The molecule has 1 fully saturated rings. The van der Waals surface area contributed by atoms with E-state index in [4.69, 9.17) is 15.2 Å². The number of methoxy groups -OCH3 is 1. The number of anilines is 1. The van der Waals surface area contributed by atoms with Crippen LogP contribution in [0.3, 0.4) is 0 Å². The minimum Gasteiger partial charge on any atom is -0.506 e. The lowest BCUT2D eigenvalue weighted by Crippen LogP contribution is -2.31. The molecule has 156 valence electrons. The number of nitrogen functional groups attached to an aromatic ring is 1. The van der Waals surface area contributed by atoms with Crippen molar-refractivity contribution in [1.29, 1.82) is 0 Å². The highest BCUT2D eigenvalue weighted by Crippen LogP contribution is 2.33. The van der Waals surface area contributed by atoms with Crippen LogP contribution < -0.4 is 15.7 Å². The largest absolute Gasteiger partial charge is 0.506 e. The van der Waals surface area contributed by atoms with Crippen LogP contribution in [0, 0.1) is 5.92 Å². The van der Waals surface area contributed by atoms with Crippen LogP contribution in [0.4, 0.5) is 5.69 Å². The second-order valence-electron chi connectivity index (χ2n) is 7.89. The predicted molar refractivity (Wildman–Crippen MR) is 119 cm³/mol. The second kappa shape index (κ2) is 9.83. The summed E-state index contributed by atoms with van der Waals surface area (Å²) in [7, 11) is 1.36. The molecule has 2 aromatic carbocycles. The van der Waals surface area contributed by atoms with E-state index < -0.39 is 0 Å². The topological polar surface area (TPSA) is 81.8 Å². The van der Waals surface area contributed by atoms with Crippen molar-refractivity contribution in [2.45, 2.75) is 44.6 Å². The average Bonchev–Trinajstić information content (AvgIpc) is 2.72. The van der Waals surface area contributed by atoms with Gasteiger partial charge in [0.1, 0.15) is 11.5 Å². The number of hydrogen-bond acceptors (Lipinski definition) is 5. The Morgan fingerprint density at radius 2 is 2.10 bits per heavy atom. The van der Waals surface area contributed by atoms with Gasteiger partial charge in [0.2, 0.25) is 0 Å². The van der Waals surface area contributed by atoms with Gasteiger partial charge in [-0.05, 0) is 47.4 Å². The SMILES string of the molecule is CCCC[SiH2]c1cc([C@H]2COC(=O)C(Cc3ccc(O)c(N)c3)C2)ccc1OC. The van der Waals surface area contributed by atoms with E-state index in [9.17, 15) is 9.90 Å². The summed E-state index contributed by atoms with van der Waals surface area (Å²) in [6.45, 7) is 2.65. The van der Waals surface area contributed by atoms with Crippen molar-refractivity contribution in [3.8, 4) is 11.5 Å². The van der Waals surface area contributed by atoms with E-state index >= 15 is 0 Å². The van der Waals surface area contributed by atoms with Gasteiger partial charge in [-0.1, -0.05) is 44.0 Å². The molecule has 3 rings (SSSR count). The molecule has 5 nitrogen and oxygen atoms in total. The summed E-state index contributed by atoms with van der Waals surface area (Å²) < 4.78 is 11.1. The van der Waals surface area contributed by atoms with Gasteiger partial charge >= 0.3 is 5.97 Å². The lowest BCUT2D eigenvalue weighted by Gasteiger charge is -2.29. The van der Waals surface area contributed by atoms with Gasteiger partial charge in [-0.25, -0.2) is 0 Å². The Labute approximate surface area is 175 Å². The first-order valence-corrected chi connectivity index (χ1v) is 12.1. The third-order valence-corrected chi connectivity index (χ3v) is 7.67. The molecule has 0 radical (unpaired) electrons. The molecular weight excluding hydrogens is 382 g/mol. The Kier molecular flexibility index (Phi) is 7.20. The van der Waals surface area contributed by atoms with Crippen LogP contribution in [0.15, 0.2) is 36.4 Å². The molecule has 0 bridgehead atoms. The van der Waals surface area contributed by atoms with E-state index in [1.165, 1.54) is 29.6 Å². The fourth-order valence-corrected chi connectivity index (χ4v) is 6.06. The Morgan fingerprint density at radius 1 is 1.28 bits per heavy atom. The molecule has 0 aliphatic carbocycles. The first-order valence-electron chi connectivity index (χ1n) is 10.4. The summed E-state index contributed by atoms with van der Waals surface area (Å²) in [5.74, 6) is 0.882. The van der Waals surface area contributed by atoms with Crippen LogP contribution in [-0.4, -0.2) is 34.3 Å². The summed E-state index contributed by atoms with van der Waals surface area (Å²) >= 11 is 0.